The van der Waals surface area contributed by atoms with Gasteiger partial charge in [0.05, 0.1) is 19.6 Å². The molecule has 90 valence electrons. The van der Waals surface area contributed by atoms with E-state index in [4.69, 9.17) is 0 Å². The Bertz CT molecular complexity index is 317. The number of hydrogen-bond donors (Lipinski definition) is 0. The molecule has 0 spiro atoms. The van der Waals surface area contributed by atoms with Crippen molar-refractivity contribution in [1.82, 2.24) is 0 Å². The number of rotatable bonds is 5. The Labute approximate surface area is 95.9 Å². The maximum Gasteiger partial charge on any atom is 0.333 e. The van der Waals surface area contributed by atoms with Crippen molar-refractivity contribution < 1.29 is 19.1 Å². The average molecular weight is 226 g/mol. The van der Waals surface area contributed by atoms with Crippen LogP contribution in [0.5, 0.6) is 0 Å². The highest BCUT2D eigenvalue weighted by Crippen LogP contribution is 2.25. The molecule has 0 heterocycles. The van der Waals surface area contributed by atoms with Crippen molar-refractivity contribution in [2.24, 2.45) is 5.41 Å². The standard InChI is InChI=1S/C12H18O4/c1-6-12(3,11(14)16-5)8-7-9(2)10(13)15-4/h6-7H,1,8H2,2-5H3. The number of carbonyl (C=O) groups excluding carboxylic acids is 2. The third-order valence-electron chi connectivity index (χ3n) is 2.44. The van der Waals surface area contributed by atoms with Crippen LogP contribution in [0.1, 0.15) is 20.3 Å². The first kappa shape index (κ1) is 14.4. The van der Waals surface area contributed by atoms with Crippen LogP contribution in [0.2, 0.25) is 0 Å². The molecular weight excluding hydrogens is 208 g/mol. The third-order valence-corrected chi connectivity index (χ3v) is 2.44. The second-order valence-corrected chi connectivity index (χ2v) is 3.70. The highest BCUT2D eigenvalue weighted by atomic mass is 16.5. The van der Waals surface area contributed by atoms with Gasteiger partial charge in [-0.15, -0.1) is 6.58 Å². The summed E-state index contributed by atoms with van der Waals surface area (Å²) in [5.74, 6) is -0.785. The van der Waals surface area contributed by atoms with Gasteiger partial charge in [-0.3, -0.25) is 4.79 Å². The van der Waals surface area contributed by atoms with Crippen molar-refractivity contribution >= 4 is 11.9 Å². The molecule has 0 N–H and O–H groups in total. The van der Waals surface area contributed by atoms with Crippen molar-refractivity contribution in [3.8, 4) is 0 Å². The number of hydrogen-bond acceptors (Lipinski definition) is 4. The lowest BCUT2D eigenvalue weighted by Crippen LogP contribution is -2.26. The molecule has 0 aliphatic heterocycles. The summed E-state index contributed by atoms with van der Waals surface area (Å²) in [4.78, 5) is 22.6. The second kappa shape index (κ2) is 6.10. The van der Waals surface area contributed by atoms with Crippen molar-refractivity contribution in [2.75, 3.05) is 14.2 Å². The highest BCUT2D eigenvalue weighted by Gasteiger charge is 2.29. The number of carbonyl (C=O) groups is 2. The normalized spacial score (nSPS) is 14.9. The van der Waals surface area contributed by atoms with E-state index in [1.165, 1.54) is 20.3 Å². The summed E-state index contributed by atoms with van der Waals surface area (Å²) in [6.07, 6.45) is 3.51. The summed E-state index contributed by atoms with van der Waals surface area (Å²) >= 11 is 0. The van der Waals surface area contributed by atoms with Crippen LogP contribution in [0, 0.1) is 5.41 Å². The van der Waals surface area contributed by atoms with Gasteiger partial charge in [0, 0.05) is 5.57 Å². The van der Waals surface area contributed by atoms with Gasteiger partial charge in [-0.1, -0.05) is 12.2 Å². The molecule has 0 rings (SSSR count). The van der Waals surface area contributed by atoms with Gasteiger partial charge in [0.25, 0.3) is 0 Å². The van der Waals surface area contributed by atoms with Crippen LogP contribution >= 0.6 is 0 Å². The summed E-state index contributed by atoms with van der Waals surface area (Å²) in [5, 5.41) is 0. The van der Waals surface area contributed by atoms with Crippen molar-refractivity contribution in [3.05, 3.63) is 24.3 Å². The van der Waals surface area contributed by atoms with E-state index in [-0.39, 0.29) is 5.97 Å². The van der Waals surface area contributed by atoms with E-state index in [0.717, 1.165) is 0 Å². The summed E-state index contributed by atoms with van der Waals surface area (Å²) < 4.78 is 9.22. The van der Waals surface area contributed by atoms with Gasteiger partial charge in [0.2, 0.25) is 0 Å². The predicted molar refractivity (Wildman–Crippen MR) is 60.7 cm³/mol. The Balaban J connectivity index is 4.75. The van der Waals surface area contributed by atoms with Crippen LogP contribution in [0.4, 0.5) is 0 Å². The number of ether oxygens (including phenoxy) is 2. The number of allylic oxidation sites excluding steroid dienone is 1. The monoisotopic (exact) mass is 226 g/mol. The third kappa shape index (κ3) is 3.53. The summed E-state index contributed by atoms with van der Waals surface area (Å²) in [6, 6.07) is 0. The van der Waals surface area contributed by atoms with Gasteiger partial charge in [-0.05, 0) is 20.3 Å². The van der Waals surface area contributed by atoms with Gasteiger partial charge in [0.15, 0.2) is 0 Å². The SMILES string of the molecule is C=CC(C)(CC=C(C)C(=O)OC)C(=O)OC. The Morgan fingerprint density at radius 2 is 1.88 bits per heavy atom. The number of esters is 2. The molecule has 16 heavy (non-hydrogen) atoms. The molecule has 4 heteroatoms. The van der Waals surface area contributed by atoms with E-state index in [2.05, 4.69) is 16.1 Å². The van der Waals surface area contributed by atoms with Gasteiger partial charge < -0.3 is 9.47 Å². The lowest BCUT2D eigenvalue weighted by atomic mass is 9.86. The Kier molecular flexibility index (Phi) is 5.50. The fraction of sp³-hybridized carbons (Fsp3) is 0.500. The van der Waals surface area contributed by atoms with Gasteiger partial charge >= 0.3 is 11.9 Å². The quantitative estimate of drug-likeness (QED) is 0.408. The fourth-order valence-corrected chi connectivity index (χ4v) is 1.09. The topological polar surface area (TPSA) is 52.6 Å². The zero-order valence-electron chi connectivity index (χ0n) is 10.2. The number of methoxy groups -OCH3 is 2. The van der Waals surface area contributed by atoms with Crippen LogP contribution in [0.3, 0.4) is 0 Å². The summed E-state index contributed by atoms with van der Waals surface area (Å²) in [6.45, 7) is 6.93. The second-order valence-electron chi connectivity index (χ2n) is 3.70. The van der Waals surface area contributed by atoms with Crippen LogP contribution in [0.25, 0.3) is 0 Å². The molecule has 1 atom stereocenters. The molecule has 0 saturated heterocycles. The Hall–Kier alpha value is -1.58. The van der Waals surface area contributed by atoms with E-state index >= 15 is 0 Å². The van der Waals surface area contributed by atoms with Crippen LogP contribution in [-0.4, -0.2) is 26.2 Å². The molecule has 0 fully saturated rings. The smallest absolute Gasteiger partial charge is 0.333 e. The zero-order chi connectivity index (χ0) is 12.8. The fourth-order valence-electron chi connectivity index (χ4n) is 1.09. The van der Waals surface area contributed by atoms with E-state index in [9.17, 15) is 9.59 Å². The molecule has 0 amide bonds. The lowest BCUT2D eigenvalue weighted by Gasteiger charge is -2.20. The van der Waals surface area contributed by atoms with Crippen LogP contribution in [-0.2, 0) is 19.1 Å². The molecule has 1 unspecified atom stereocenters. The molecule has 0 aromatic heterocycles. The van der Waals surface area contributed by atoms with E-state index in [0.29, 0.717) is 12.0 Å². The molecule has 0 aliphatic carbocycles. The molecule has 0 bridgehead atoms. The first-order chi connectivity index (χ1) is 7.41. The van der Waals surface area contributed by atoms with Gasteiger partial charge in [-0.2, -0.15) is 0 Å². The Morgan fingerprint density at radius 3 is 2.25 bits per heavy atom. The van der Waals surface area contributed by atoms with Crippen molar-refractivity contribution in [1.29, 1.82) is 0 Å². The minimum atomic E-state index is -0.815. The zero-order valence-corrected chi connectivity index (χ0v) is 10.2. The van der Waals surface area contributed by atoms with Crippen molar-refractivity contribution in [2.45, 2.75) is 20.3 Å². The van der Waals surface area contributed by atoms with E-state index in [1.54, 1.807) is 19.9 Å². The van der Waals surface area contributed by atoms with E-state index in [1.807, 2.05) is 0 Å². The molecule has 4 nitrogen and oxygen atoms in total. The first-order valence-corrected chi connectivity index (χ1v) is 4.88. The summed E-state index contributed by atoms with van der Waals surface area (Å²) in [5.41, 5.74) is -0.358. The van der Waals surface area contributed by atoms with Crippen molar-refractivity contribution in [3.63, 3.8) is 0 Å². The largest absolute Gasteiger partial charge is 0.468 e. The molecular formula is C12H18O4. The maximum absolute atomic E-state index is 11.5. The molecule has 0 radical (unpaired) electrons. The average Bonchev–Trinajstić information content (AvgIpc) is 2.33. The molecule has 0 aromatic carbocycles. The first-order valence-electron chi connectivity index (χ1n) is 4.88. The highest BCUT2D eigenvalue weighted by molar-refractivity contribution is 5.87. The molecule has 0 saturated carbocycles. The summed E-state index contributed by atoms with van der Waals surface area (Å²) in [7, 11) is 2.63. The molecule has 0 aliphatic rings. The minimum absolute atomic E-state index is 0.351. The molecule has 0 aromatic rings. The van der Waals surface area contributed by atoms with Gasteiger partial charge in [-0.25, -0.2) is 4.79 Å². The Morgan fingerprint density at radius 1 is 1.31 bits per heavy atom. The minimum Gasteiger partial charge on any atom is -0.468 e. The van der Waals surface area contributed by atoms with Crippen LogP contribution < -0.4 is 0 Å². The maximum atomic E-state index is 11.5. The van der Waals surface area contributed by atoms with Crippen LogP contribution in [0.15, 0.2) is 24.3 Å². The predicted octanol–water partition coefficient (Wildman–Crippen LogP) is 1.86. The van der Waals surface area contributed by atoms with E-state index < -0.39 is 11.4 Å². The lowest BCUT2D eigenvalue weighted by molar-refractivity contribution is -0.148. The van der Waals surface area contributed by atoms with Gasteiger partial charge in [0.1, 0.15) is 0 Å².